The minimum atomic E-state index is -0.449. The van der Waals surface area contributed by atoms with E-state index in [0.29, 0.717) is 22.8 Å². The van der Waals surface area contributed by atoms with Gasteiger partial charge in [-0.3, -0.25) is 10.0 Å². The van der Waals surface area contributed by atoms with Gasteiger partial charge < -0.3 is 9.15 Å². The molecule has 2 rings (SSSR count). The van der Waals surface area contributed by atoms with Crippen molar-refractivity contribution in [3.8, 4) is 16.9 Å². The fraction of sp³-hybridized carbons (Fsp3) is 0.267. The van der Waals surface area contributed by atoms with Crippen molar-refractivity contribution in [2.24, 2.45) is 0 Å². The zero-order chi connectivity index (χ0) is 15.4. The monoisotopic (exact) mass is 293 g/mol. The minimum absolute atomic E-state index is 0.136. The Morgan fingerprint density at radius 2 is 2.14 bits per heavy atom. The Labute approximate surface area is 121 Å². The van der Waals surface area contributed by atoms with Crippen LogP contribution >= 0.6 is 0 Å². The van der Waals surface area contributed by atoms with E-state index in [1.54, 1.807) is 18.2 Å². The number of amides is 1. The highest BCUT2D eigenvalue weighted by Crippen LogP contribution is 2.27. The number of nitrogens with zero attached hydrogens (tertiary/aromatic N) is 1. The SMILES string of the molecule is COc1ccc(-c2coc(CCC(=O)N(C)O)c2)cc1F. The topological polar surface area (TPSA) is 62.9 Å². The fourth-order valence-electron chi connectivity index (χ4n) is 1.90. The molecule has 1 N–H and O–H groups in total. The summed E-state index contributed by atoms with van der Waals surface area (Å²) in [5.41, 5.74) is 1.38. The molecule has 1 heterocycles. The Hall–Kier alpha value is -2.34. The van der Waals surface area contributed by atoms with Crippen LogP contribution in [0.1, 0.15) is 12.2 Å². The first-order valence-electron chi connectivity index (χ1n) is 6.38. The first kappa shape index (κ1) is 15.1. The molecule has 0 fully saturated rings. The van der Waals surface area contributed by atoms with Crippen molar-refractivity contribution in [2.45, 2.75) is 12.8 Å². The minimum Gasteiger partial charge on any atom is -0.494 e. The number of hydroxylamine groups is 2. The van der Waals surface area contributed by atoms with Gasteiger partial charge in [-0.1, -0.05) is 6.07 Å². The highest BCUT2D eigenvalue weighted by atomic mass is 19.1. The summed E-state index contributed by atoms with van der Waals surface area (Å²) in [7, 11) is 2.68. The lowest BCUT2D eigenvalue weighted by molar-refractivity contribution is -0.159. The number of benzene rings is 1. The molecule has 0 aliphatic carbocycles. The van der Waals surface area contributed by atoms with Crippen LogP contribution in [0.3, 0.4) is 0 Å². The summed E-state index contributed by atoms with van der Waals surface area (Å²) in [6.07, 6.45) is 2.00. The second-order valence-corrected chi connectivity index (χ2v) is 4.57. The Kier molecular flexibility index (Phi) is 4.59. The molecule has 0 spiro atoms. The van der Waals surface area contributed by atoms with E-state index in [1.165, 1.54) is 26.5 Å². The van der Waals surface area contributed by atoms with Crippen molar-refractivity contribution < 1.29 is 23.5 Å². The van der Waals surface area contributed by atoms with Crippen LogP contribution in [-0.2, 0) is 11.2 Å². The number of hydrogen-bond acceptors (Lipinski definition) is 4. The maximum absolute atomic E-state index is 13.7. The highest BCUT2D eigenvalue weighted by Gasteiger charge is 2.11. The number of aryl methyl sites for hydroxylation is 1. The van der Waals surface area contributed by atoms with Crippen molar-refractivity contribution in [2.75, 3.05) is 14.2 Å². The molecule has 5 nitrogen and oxygen atoms in total. The van der Waals surface area contributed by atoms with Gasteiger partial charge in [0.2, 0.25) is 5.91 Å². The van der Waals surface area contributed by atoms with Crippen molar-refractivity contribution >= 4 is 5.91 Å². The van der Waals surface area contributed by atoms with Crippen LogP contribution < -0.4 is 4.74 Å². The average molecular weight is 293 g/mol. The van der Waals surface area contributed by atoms with Crippen molar-refractivity contribution in [3.63, 3.8) is 0 Å². The predicted molar refractivity (Wildman–Crippen MR) is 73.5 cm³/mol. The maximum atomic E-state index is 13.7. The van der Waals surface area contributed by atoms with Gasteiger partial charge in [0.25, 0.3) is 0 Å². The normalized spacial score (nSPS) is 10.5. The van der Waals surface area contributed by atoms with Gasteiger partial charge >= 0.3 is 0 Å². The van der Waals surface area contributed by atoms with Gasteiger partial charge in [0.1, 0.15) is 5.76 Å². The van der Waals surface area contributed by atoms with E-state index >= 15 is 0 Å². The molecule has 1 aromatic heterocycles. The van der Waals surface area contributed by atoms with Crippen LogP contribution in [0.25, 0.3) is 11.1 Å². The third kappa shape index (κ3) is 3.61. The zero-order valence-electron chi connectivity index (χ0n) is 11.8. The molecular weight excluding hydrogens is 277 g/mol. The lowest BCUT2D eigenvalue weighted by Gasteiger charge is -2.06. The van der Waals surface area contributed by atoms with Crippen molar-refractivity contribution in [3.05, 3.63) is 42.1 Å². The molecule has 6 heteroatoms. The Bertz CT molecular complexity index is 636. The van der Waals surface area contributed by atoms with Gasteiger partial charge in [0.05, 0.1) is 13.4 Å². The number of carbonyl (C=O) groups excluding carboxylic acids is 1. The number of carbonyl (C=O) groups is 1. The molecule has 1 aromatic carbocycles. The van der Waals surface area contributed by atoms with Gasteiger partial charge in [-0.2, -0.15) is 0 Å². The van der Waals surface area contributed by atoms with Crippen LogP contribution in [0.4, 0.5) is 4.39 Å². The molecule has 0 saturated heterocycles. The average Bonchev–Trinajstić information content (AvgIpc) is 2.93. The second kappa shape index (κ2) is 6.41. The largest absolute Gasteiger partial charge is 0.494 e. The summed E-state index contributed by atoms with van der Waals surface area (Å²) >= 11 is 0. The van der Waals surface area contributed by atoms with Gasteiger partial charge in [-0.25, -0.2) is 9.45 Å². The van der Waals surface area contributed by atoms with E-state index in [9.17, 15) is 9.18 Å². The van der Waals surface area contributed by atoms with E-state index in [1.807, 2.05) is 0 Å². The van der Waals surface area contributed by atoms with Crippen LogP contribution in [0.2, 0.25) is 0 Å². The predicted octanol–water partition coefficient (Wildman–Crippen LogP) is 2.87. The van der Waals surface area contributed by atoms with Crippen LogP contribution in [0.5, 0.6) is 5.75 Å². The number of rotatable bonds is 5. The van der Waals surface area contributed by atoms with Crippen LogP contribution in [-0.4, -0.2) is 30.3 Å². The number of ether oxygens (including phenoxy) is 1. The quantitative estimate of drug-likeness (QED) is 0.680. The molecule has 1 amide bonds. The summed E-state index contributed by atoms with van der Waals surface area (Å²) < 4.78 is 23.9. The number of methoxy groups -OCH3 is 1. The summed E-state index contributed by atoms with van der Waals surface area (Å²) in [6, 6.07) is 6.37. The molecule has 0 saturated carbocycles. The molecule has 0 radical (unpaired) electrons. The van der Waals surface area contributed by atoms with E-state index in [-0.39, 0.29) is 12.2 Å². The lowest BCUT2D eigenvalue weighted by Crippen LogP contribution is -2.22. The molecule has 0 unspecified atom stereocenters. The molecule has 2 aromatic rings. The summed E-state index contributed by atoms with van der Waals surface area (Å²) in [6.45, 7) is 0. The smallest absolute Gasteiger partial charge is 0.246 e. The van der Waals surface area contributed by atoms with E-state index in [0.717, 1.165) is 5.56 Å². The molecule has 0 aliphatic heterocycles. The molecule has 0 bridgehead atoms. The molecule has 0 aliphatic rings. The highest BCUT2D eigenvalue weighted by molar-refractivity contribution is 5.74. The van der Waals surface area contributed by atoms with Crippen LogP contribution in [0.15, 0.2) is 34.9 Å². The van der Waals surface area contributed by atoms with E-state index < -0.39 is 11.7 Å². The first-order chi connectivity index (χ1) is 10.0. The van der Waals surface area contributed by atoms with Crippen LogP contribution in [0, 0.1) is 5.82 Å². The number of hydrogen-bond donors (Lipinski definition) is 1. The zero-order valence-corrected chi connectivity index (χ0v) is 11.8. The Balaban J connectivity index is 2.09. The lowest BCUT2D eigenvalue weighted by atomic mass is 10.1. The Morgan fingerprint density at radius 3 is 2.76 bits per heavy atom. The van der Waals surface area contributed by atoms with Gasteiger partial charge in [-0.15, -0.1) is 0 Å². The summed E-state index contributed by atoms with van der Waals surface area (Å²) in [5.74, 6) is -0.0752. The Morgan fingerprint density at radius 1 is 1.38 bits per heavy atom. The third-order valence-corrected chi connectivity index (χ3v) is 3.09. The molecule has 112 valence electrons. The van der Waals surface area contributed by atoms with Crippen molar-refractivity contribution in [1.29, 1.82) is 0 Å². The van der Waals surface area contributed by atoms with E-state index in [2.05, 4.69) is 0 Å². The maximum Gasteiger partial charge on any atom is 0.246 e. The third-order valence-electron chi connectivity index (χ3n) is 3.09. The fourth-order valence-corrected chi connectivity index (χ4v) is 1.90. The molecule has 0 atom stereocenters. The molecular formula is C15H16FNO4. The number of halogens is 1. The van der Waals surface area contributed by atoms with Crippen molar-refractivity contribution in [1.82, 2.24) is 5.06 Å². The van der Waals surface area contributed by atoms with Gasteiger partial charge in [0, 0.05) is 25.5 Å². The summed E-state index contributed by atoms with van der Waals surface area (Å²) in [4.78, 5) is 11.3. The first-order valence-corrected chi connectivity index (χ1v) is 6.38. The van der Waals surface area contributed by atoms with Gasteiger partial charge in [0.15, 0.2) is 11.6 Å². The molecule has 21 heavy (non-hydrogen) atoms. The standard InChI is InChI=1S/C15H16FNO4/c1-17(19)15(18)6-4-12-7-11(9-21-12)10-3-5-14(20-2)13(16)8-10/h3,5,7-9,19H,4,6H2,1-2H3. The van der Waals surface area contributed by atoms with E-state index in [4.69, 9.17) is 14.4 Å². The summed E-state index contributed by atoms with van der Waals surface area (Å²) in [5, 5.41) is 9.51. The van der Waals surface area contributed by atoms with Gasteiger partial charge in [-0.05, 0) is 23.8 Å². The second-order valence-electron chi connectivity index (χ2n) is 4.57. The number of furan rings is 1.